The van der Waals surface area contributed by atoms with Gasteiger partial charge in [-0.25, -0.2) is 9.80 Å². The van der Waals surface area contributed by atoms with Crippen LogP contribution in [0.1, 0.15) is 0 Å². The molecule has 5 heterocycles. The van der Waals surface area contributed by atoms with Crippen LogP contribution in [-0.4, -0.2) is 127 Å². The van der Waals surface area contributed by atoms with Crippen molar-refractivity contribution >= 4 is 17.8 Å². The number of morpholine rings is 1. The van der Waals surface area contributed by atoms with Crippen LogP contribution in [0.4, 0.5) is 4.79 Å². The van der Waals surface area contributed by atoms with Crippen LogP contribution in [0.25, 0.3) is 0 Å². The Bertz CT molecular complexity index is 571. The van der Waals surface area contributed by atoms with Crippen LogP contribution in [0.3, 0.4) is 0 Å². The van der Waals surface area contributed by atoms with Crippen molar-refractivity contribution in [3.63, 3.8) is 0 Å². The Balaban J connectivity index is 1.57. The fourth-order valence-corrected chi connectivity index (χ4v) is 5.56. The quantitative estimate of drug-likeness (QED) is 0.520. The molecule has 2 amide bonds. The molecule has 5 saturated heterocycles. The normalized spacial score (nSPS) is 37.1. The molecule has 28 heavy (non-hydrogen) atoms. The number of nitrogens with zero attached hydrogens (tertiary/aromatic N) is 5. The van der Waals surface area contributed by atoms with Gasteiger partial charge in [0.05, 0.1) is 19.9 Å². The third-order valence-electron chi connectivity index (χ3n) is 6.01. The summed E-state index contributed by atoms with van der Waals surface area (Å²) in [6.07, 6.45) is -0.418. The lowest BCUT2D eigenvalue weighted by molar-refractivity contribution is -0.458. The standard InChI is InChI=1S/C16H29N7O4S/c24-15-18-2-4-22(15)16(20-5-9-25-10-6-20)14(19-3-1-17-13-19)26-27-23(16)21-7-11-28-12-8-21/h14,17H,1-13H2,(H,18,24). The van der Waals surface area contributed by atoms with E-state index in [-0.39, 0.29) is 6.03 Å². The zero-order valence-corrected chi connectivity index (χ0v) is 16.9. The number of rotatable bonds is 4. The molecule has 5 rings (SSSR count). The molecule has 2 unspecified atom stereocenters. The minimum atomic E-state index is -0.863. The first-order valence-electron chi connectivity index (χ1n) is 10.1. The van der Waals surface area contributed by atoms with Crippen molar-refractivity contribution in [3.05, 3.63) is 0 Å². The first-order valence-corrected chi connectivity index (χ1v) is 11.3. The average molecular weight is 416 g/mol. The van der Waals surface area contributed by atoms with E-state index in [1.165, 1.54) is 0 Å². The van der Waals surface area contributed by atoms with E-state index in [2.05, 4.69) is 25.4 Å². The highest BCUT2D eigenvalue weighted by molar-refractivity contribution is 7.99. The van der Waals surface area contributed by atoms with Crippen molar-refractivity contribution in [2.75, 3.05) is 83.7 Å². The second kappa shape index (κ2) is 8.20. The summed E-state index contributed by atoms with van der Waals surface area (Å²) in [4.78, 5) is 31.3. The number of hydrogen-bond donors (Lipinski definition) is 2. The molecule has 158 valence electrons. The molecule has 2 atom stereocenters. The third kappa shape index (κ3) is 3.11. The van der Waals surface area contributed by atoms with E-state index in [0.29, 0.717) is 46.1 Å². The Labute approximate surface area is 169 Å². The molecule has 0 spiro atoms. The number of carbonyl (C=O) groups excluding carboxylic acids is 1. The van der Waals surface area contributed by atoms with E-state index in [9.17, 15) is 4.79 Å². The molecule has 0 aromatic rings. The van der Waals surface area contributed by atoms with Gasteiger partial charge in [-0.3, -0.25) is 14.7 Å². The molecular formula is C16H29N7O4S. The first-order chi connectivity index (χ1) is 13.8. The number of hydrogen-bond acceptors (Lipinski definition) is 10. The predicted molar refractivity (Wildman–Crippen MR) is 101 cm³/mol. The molecule has 0 radical (unpaired) electrons. The lowest BCUT2D eigenvalue weighted by Gasteiger charge is -2.54. The van der Waals surface area contributed by atoms with Gasteiger partial charge in [-0.05, 0) is 5.17 Å². The second-order valence-electron chi connectivity index (χ2n) is 7.50. The lowest BCUT2D eigenvalue weighted by Crippen LogP contribution is -2.78. The van der Waals surface area contributed by atoms with Crippen LogP contribution in [0.15, 0.2) is 0 Å². The number of amides is 2. The van der Waals surface area contributed by atoms with Crippen LogP contribution in [-0.2, 0) is 14.6 Å². The topological polar surface area (TPSA) is 85.0 Å². The molecule has 5 aliphatic heterocycles. The van der Waals surface area contributed by atoms with Crippen LogP contribution in [0.5, 0.6) is 0 Å². The summed E-state index contributed by atoms with van der Waals surface area (Å²) in [6, 6.07) is -0.0749. The summed E-state index contributed by atoms with van der Waals surface area (Å²) in [6.45, 7) is 8.10. The van der Waals surface area contributed by atoms with Gasteiger partial charge in [-0.1, -0.05) is 0 Å². The SMILES string of the molecule is O=C1NCCN1C1(N2CCOCC2)C(N2CCNC2)OON1N1CCSCC1. The molecule has 5 fully saturated rings. The minimum Gasteiger partial charge on any atom is -0.379 e. The summed E-state index contributed by atoms with van der Waals surface area (Å²) in [5, 5.41) is 10.4. The zero-order chi connectivity index (χ0) is 19.0. The largest absolute Gasteiger partial charge is 0.379 e. The Hall–Kier alpha value is -0.700. The van der Waals surface area contributed by atoms with Gasteiger partial charge in [0.25, 0.3) is 0 Å². The predicted octanol–water partition coefficient (Wildman–Crippen LogP) is -1.67. The van der Waals surface area contributed by atoms with Crippen molar-refractivity contribution in [3.8, 4) is 0 Å². The molecular weight excluding hydrogens is 386 g/mol. The molecule has 0 aliphatic carbocycles. The molecule has 2 N–H and O–H groups in total. The van der Waals surface area contributed by atoms with Crippen LogP contribution in [0, 0.1) is 0 Å². The molecule has 0 bridgehead atoms. The number of nitrogens with one attached hydrogen (secondary N) is 2. The van der Waals surface area contributed by atoms with Crippen molar-refractivity contribution in [1.82, 2.24) is 35.5 Å². The van der Waals surface area contributed by atoms with Crippen molar-refractivity contribution in [2.45, 2.75) is 12.0 Å². The van der Waals surface area contributed by atoms with Gasteiger partial charge in [0, 0.05) is 63.9 Å². The Kier molecular flexibility index (Phi) is 5.65. The van der Waals surface area contributed by atoms with Crippen molar-refractivity contribution < 1.29 is 19.4 Å². The van der Waals surface area contributed by atoms with Crippen LogP contribution >= 0.6 is 11.8 Å². The Morgan fingerprint density at radius 3 is 2.54 bits per heavy atom. The van der Waals surface area contributed by atoms with E-state index >= 15 is 0 Å². The van der Waals surface area contributed by atoms with Gasteiger partial charge in [-0.2, -0.15) is 16.6 Å². The first kappa shape index (κ1) is 19.3. The number of ether oxygens (including phenoxy) is 1. The van der Waals surface area contributed by atoms with E-state index in [0.717, 1.165) is 37.7 Å². The summed E-state index contributed by atoms with van der Waals surface area (Å²) in [5.41, 5.74) is 0. The molecule has 12 heteroatoms. The fraction of sp³-hybridized carbons (Fsp3) is 0.938. The average Bonchev–Trinajstić information content (AvgIpc) is 3.48. The number of hydrazine groups is 1. The van der Waals surface area contributed by atoms with Crippen molar-refractivity contribution in [2.24, 2.45) is 0 Å². The minimum absolute atomic E-state index is 0.0749. The molecule has 0 aromatic carbocycles. The Morgan fingerprint density at radius 1 is 1.04 bits per heavy atom. The van der Waals surface area contributed by atoms with Crippen LogP contribution in [0.2, 0.25) is 0 Å². The number of hydroxylamine groups is 1. The third-order valence-corrected chi connectivity index (χ3v) is 6.96. The maximum absolute atomic E-state index is 13.0. The second-order valence-corrected chi connectivity index (χ2v) is 8.73. The maximum atomic E-state index is 13.0. The summed E-state index contributed by atoms with van der Waals surface area (Å²) >= 11 is 1.94. The van der Waals surface area contributed by atoms with E-state index in [1.54, 1.807) is 0 Å². The van der Waals surface area contributed by atoms with E-state index in [4.69, 9.17) is 14.6 Å². The highest BCUT2D eigenvalue weighted by Gasteiger charge is 2.66. The molecule has 0 aromatic heterocycles. The number of urea groups is 1. The van der Waals surface area contributed by atoms with Gasteiger partial charge in [-0.15, -0.1) is 4.99 Å². The van der Waals surface area contributed by atoms with E-state index < -0.39 is 12.0 Å². The van der Waals surface area contributed by atoms with Gasteiger partial charge < -0.3 is 15.4 Å². The zero-order valence-electron chi connectivity index (χ0n) is 16.0. The monoisotopic (exact) mass is 415 g/mol. The van der Waals surface area contributed by atoms with Crippen molar-refractivity contribution in [1.29, 1.82) is 0 Å². The van der Waals surface area contributed by atoms with Gasteiger partial charge in [0.2, 0.25) is 12.0 Å². The van der Waals surface area contributed by atoms with Gasteiger partial charge in [0.1, 0.15) is 0 Å². The molecule has 0 saturated carbocycles. The lowest BCUT2D eigenvalue weighted by atomic mass is 10.1. The number of thioether (sulfide) groups is 1. The molecule has 5 aliphatic rings. The maximum Gasteiger partial charge on any atom is 0.320 e. The summed E-state index contributed by atoms with van der Waals surface area (Å²) < 4.78 is 5.63. The summed E-state index contributed by atoms with van der Waals surface area (Å²) in [5.74, 6) is 1.20. The van der Waals surface area contributed by atoms with Crippen LogP contribution < -0.4 is 10.6 Å². The fourth-order valence-electron chi connectivity index (χ4n) is 4.68. The highest BCUT2D eigenvalue weighted by Crippen LogP contribution is 2.41. The number of carbonyl (C=O) groups is 1. The summed E-state index contributed by atoms with van der Waals surface area (Å²) in [7, 11) is 0. The van der Waals surface area contributed by atoms with Gasteiger partial charge in [0.15, 0.2) is 0 Å². The van der Waals surface area contributed by atoms with E-state index in [1.807, 2.05) is 21.8 Å². The highest BCUT2D eigenvalue weighted by atomic mass is 32.2. The molecule has 11 nitrogen and oxygen atoms in total. The van der Waals surface area contributed by atoms with Gasteiger partial charge >= 0.3 is 6.03 Å². The Morgan fingerprint density at radius 2 is 1.86 bits per heavy atom. The smallest absolute Gasteiger partial charge is 0.320 e.